The van der Waals surface area contributed by atoms with E-state index in [-0.39, 0.29) is 5.91 Å². The SMILES string of the molecule is O=C(Nc1cc(Cl)ccc1Cl)c1cncc(Br)c1. The van der Waals surface area contributed by atoms with E-state index in [2.05, 4.69) is 26.2 Å². The van der Waals surface area contributed by atoms with E-state index in [0.29, 0.717) is 21.3 Å². The van der Waals surface area contributed by atoms with Crippen molar-refractivity contribution >= 4 is 50.7 Å². The summed E-state index contributed by atoms with van der Waals surface area (Å²) in [5.74, 6) is -0.298. The third-order valence-electron chi connectivity index (χ3n) is 2.14. The molecule has 18 heavy (non-hydrogen) atoms. The molecule has 0 spiro atoms. The Morgan fingerprint density at radius 3 is 2.72 bits per heavy atom. The van der Waals surface area contributed by atoms with Gasteiger partial charge in [0, 0.05) is 21.9 Å². The second-order valence-electron chi connectivity index (χ2n) is 3.47. The van der Waals surface area contributed by atoms with E-state index in [9.17, 15) is 4.79 Å². The molecule has 1 heterocycles. The Kier molecular flexibility index (Phi) is 4.22. The fourth-order valence-electron chi connectivity index (χ4n) is 1.32. The third kappa shape index (κ3) is 3.22. The van der Waals surface area contributed by atoms with Gasteiger partial charge in [-0.05, 0) is 40.2 Å². The lowest BCUT2D eigenvalue weighted by Gasteiger charge is -2.07. The molecular weight excluding hydrogens is 339 g/mol. The van der Waals surface area contributed by atoms with E-state index in [1.165, 1.54) is 6.20 Å². The number of anilines is 1. The molecule has 0 saturated carbocycles. The predicted octanol–water partition coefficient (Wildman–Crippen LogP) is 4.40. The zero-order chi connectivity index (χ0) is 13.1. The van der Waals surface area contributed by atoms with E-state index in [1.807, 2.05) is 0 Å². The fraction of sp³-hybridized carbons (Fsp3) is 0. The molecule has 92 valence electrons. The average molecular weight is 346 g/mol. The predicted molar refractivity (Wildman–Crippen MR) is 76.4 cm³/mol. The van der Waals surface area contributed by atoms with Crippen LogP contribution in [-0.2, 0) is 0 Å². The molecule has 0 bridgehead atoms. The molecule has 1 aromatic heterocycles. The number of carbonyl (C=O) groups excluding carboxylic acids is 1. The number of benzene rings is 1. The van der Waals surface area contributed by atoms with Crippen LogP contribution in [0.25, 0.3) is 0 Å². The summed E-state index contributed by atoms with van der Waals surface area (Å²) in [6.45, 7) is 0. The van der Waals surface area contributed by atoms with Gasteiger partial charge in [0.25, 0.3) is 5.91 Å². The average Bonchev–Trinajstić information content (AvgIpc) is 2.34. The monoisotopic (exact) mass is 344 g/mol. The van der Waals surface area contributed by atoms with E-state index >= 15 is 0 Å². The molecule has 1 N–H and O–H groups in total. The van der Waals surface area contributed by atoms with Crippen LogP contribution in [0.15, 0.2) is 41.1 Å². The van der Waals surface area contributed by atoms with Crippen LogP contribution >= 0.6 is 39.1 Å². The molecule has 0 radical (unpaired) electrons. The van der Waals surface area contributed by atoms with Crippen molar-refractivity contribution in [3.63, 3.8) is 0 Å². The summed E-state index contributed by atoms with van der Waals surface area (Å²) in [5, 5.41) is 3.61. The Morgan fingerprint density at radius 2 is 2.00 bits per heavy atom. The zero-order valence-corrected chi connectivity index (χ0v) is 12.1. The lowest BCUT2D eigenvalue weighted by atomic mass is 10.2. The van der Waals surface area contributed by atoms with E-state index in [1.54, 1.807) is 30.5 Å². The van der Waals surface area contributed by atoms with Crippen LogP contribution in [-0.4, -0.2) is 10.9 Å². The Hall–Kier alpha value is -1.10. The van der Waals surface area contributed by atoms with Crippen LogP contribution in [0.5, 0.6) is 0 Å². The number of nitrogens with one attached hydrogen (secondary N) is 1. The van der Waals surface area contributed by atoms with Gasteiger partial charge in [0.05, 0.1) is 16.3 Å². The van der Waals surface area contributed by atoms with Crippen molar-refractivity contribution in [2.75, 3.05) is 5.32 Å². The third-order valence-corrected chi connectivity index (χ3v) is 3.14. The summed E-state index contributed by atoms with van der Waals surface area (Å²) in [6, 6.07) is 6.53. The van der Waals surface area contributed by atoms with Crippen molar-refractivity contribution in [2.45, 2.75) is 0 Å². The first-order chi connectivity index (χ1) is 8.56. The van der Waals surface area contributed by atoms with Crippen molar-refractivity contribution in [1.82, 2.24) is 4.98 Å². The number of nitrogens with zero attached hydrogens (tertiary/aromatic N) is 1. The maximum atomic E-state index is 12.0. The summed E-state index contributed by atoms with van der Waals surface area (Å²) < 4.78 is 0.729. The smallest absolute Gasteiger partial charge is 0.257 e. The van der Waals surface area contributed by atoms with Crippen LogP contribution in [0.1, 0.15) is 10.4 Å². The standard InChI is InChI=1S/C12H7BrCl2N2O/c13-8-3-7(5-16-6-8)12(18)17-11-4-9(14)1-2-10(11)15/h1-6H,(H,17,18). The quantitative estimate of drug-likeness (QED) is 0.876. The van der Waals surface area contributed by atoms with Crippen molar-refractivity contribution < 1.29 is 4.79 Å². The first kappa shape index (κ1) is 13.3. The van der Waals surface area contributed by atoms with Crippen molar-refractivity contribution in [1.29, 1.82) is 0 Å². The van der Waals surface area contributed by atoms with Gasteiger partial charge in [-0.15, -0.1) is 0 Å². The minimum atomic E-state index is -0.298. The van der Waals surface area contributed by atoms with Gasteiger partial charge in [-0.2, -0.15) is 0 Å². The van der Waals surface area contributed by atoms with Gasteiger partial charge in [0.2, 0.25) is 0 Å². The second-order valence-corrected chi connectivity index (χ2v) is 5.23. The highest BCUT2D eigenvalue weighted by molar-refractivity contribution is 9.10. The van der Waals surface area contributed by atoms with E-state index in [0.717, 1.165) is 4.47 Å². The molecule has 0 aliphatic rings. The molecule has 1 amide bonds. The maximum absolute atomic E-state index is 12.0. The molecule has 0 unspecified atom stereocenters. The zero-order valence-electron chi connectivity index (χ0n) is 8.95. The number of hydrogen-bond donors (Lipinski definition) is 1. The second kappa shape index (κ2) is 5.69. The van der Waals surface area contributed by atoms with Gasteiger partial charge in [0.1, 0.15) is 0 Å². The Labute approximate surface area is 122 Å². The van der Waals surface area contributed by atoms with Gasteiger partial charge < -0.3 is 5.32 Å². The van der Waals surface area contributed by atoms with Gasteiger partial charge in [-0.25, -0.2) is 0 Å². The lowest BCUT2D eigenvalue weighted by molar-refractivity contribution is 0.102. The number of hydrogen-bond acceptors (Lipinski definition) is 2. The fourth-order valence-corrected chi connectivity index (χ4v) is 2.03. The van der Waals surface area contributed by atoms with Crippen molar-refractivity contribution in [3.05, 3.63) is 56.7 Å². The molecule has 0 aliphatic heterocycles. The molecule has 6 heteroatoms. The number of pyridine rings is 1. The minimum Gasteiger partial charge on any atom is -0.321 e. The van der Waals surface area contributed by atoms with Gasteiger partial charge in [-0.1, -0.05) is 23.2 Å². The number of rotatable bonds is 2. The van der Waals surface area contributed by atoms with Crippen molar-refractivity contribution in [3.8, 4) is 0 Å². The van der Waals surface area contributed by atoms with Crippen LogP contribution in [0.4, 0.5) is 5.69 Å². The highest BCUT2D eigenvalue weighted by atomic mass is 79.9. The molecule has 3 nitrogen and oxygen atoms in total. The molecule has 1 aromatic carbocycles. The summed E-state index contributed by atoms with van der Waals surface area (Å²) in [7, 11) is 0. The number of aromatic nitrogens is 1. The van der Waals surface area contributed by atoms with Gasteiger partial charge in [0.15, 0.2) is 0 Å². The lowest BCUT2D eigenvalue weighted by Crippen LogP contribution is -2.12. The van der Waals surface area contributed by atoms with Crippen LogP contribution in [0.2, 0.25) is 10.0 Å². The van der Waals surface area contributed by atoms with Crippen molar-refractivity contribution in [2.24, 2.45) is 0 Å². The molecule has 0 aliphatic carbocycles. The molecule has 2 rings (SSSR count). The summed E-state index contributed by atoms with van der Waals surface area (Å²) in [5.41, 5.74) is 0.898. The first-order valence-corrected chi connectivity index (χ1v) is 6.48. The van der Waals surface area contributed by atoms with Crippen LogP contribution in [0.3, 0.4) is 0 Å². The topological polar surface area (TPSA) is 42.0 Å². The number of carbonyl (C=O) groups is 1. The molecular formula is C12H7BrCl2N2O. The molecule has 0 atom stereocenters. The van der Waals surface area contributed by atoms with Gasteiger partial charge >= 0.3 is 0 Å². The van der Waals surface area contributed by atoms with Crippen LogP contribution in [0, 0.1) is 0 Å². The van der Waals surface area contributed by atoms with Crippen LogP contribution < -0.4 is 5.32 Å². The Balaban J connectivity index is 2.24. The summed E-state index contributed by atoms with van der Waals surface area (Å²) in [4.78, 5) is 15.9. The van der Waals surface area contributed by atoms with E-state index in [4.69, 9.17) is 23.2 Å². The Bertz CT molecular complexity index is 604. The normalized spacial score (nSPS) is 10.2. The Morgan fingerprint density at radius 1 is 1.22 bits per heavy atom. The largest absolute Gasteiger partial charge is 0.321 e. The van der Waals surface area contributed by atoms with Gasteiger partial charge in [-0.3, -0.25) is 9.78 Å². The highest BCUT2D eigenvalue weighted by Gasteiger charge is 2.09. The summed E-state index contributed by atoms with van der Waals surface area (Å²) in [6.07, 6.45) is 3.07. The first-order valence-electron chi connectivity index (χ1n) is 4.93. The van der Waals surface area contributed by atoms with E-state index < -0.39 is 0 Å². The molecule has 0 saturated heterocycles. The molecule has 2 aromatic rings. The summed E-state index contributed by atoms with van der Waals surface area (Å²) >= 11 is 15.1. The minimum absolute atomic E-state index is 0.298. The molecule has 0 fully saturated rings. The highest BCUT2D eigenvalue weighted by Crippen LogP contribution is 2.26. The number of amides is 1. The number of halogens is 3. The maximum Gasteiger partial charge on any atom is 0.257 e.